The maximum Gasteiger partial charge on any atom is 0.351 e. The van der Waals surface area contributed by atoms with Crippen LogP contribution in [0.3, 0.4) is 0 Å². The zero-order chi connectivity index (χ0) is 20.4. The predicted molar refractivity (Wildman–Crippen MR) is 104 cm³/mol. The molecule has 150 valence electrons. The maximum atomic E-state index is 12.5. The first-order chi connectivity index (χ1) is 13.3. The number of halogens is 1. The highest BCUT2D eigenvalue weighted by Crippen LogP contribution is 2.37. The quantitative estimate of drug-likeness (QED) is 0.466. The average Bonchev–Trinajstić information content (AvgIpc) is 3.02. The Bertz CT molecular complexity index is 927. The molecule has 0 radical (unpaired) electrons. The molecule has 2 aromatic rings. The van der Waals surface area contributed by atoms with Crippen LogP contribution in [-0.2, 0) is 14.3 Å². The number of ether oxygens (including phenoxy) is 2. The molecule has 2 heterocycles. The lowest BCUT2D eigenvalue weighted by atomic mass is 10.1. The van der Waals surface area contributed by atoms with E-state index in [2.05, 4.69) is 26.2 Å². The molecule has 0 amide bonds. The van der Waals surface area contributed by atoms with E-state index in [0.717, 1.165) is 0 Å². The van der Waals surface area contributed by atoms with Crippen LogP contribution in [0, 0.1) is 0 Å². The largest absolute Gasteiger partial charge is 0.506 e. The maximum absolute atomic E-state index is 12.5. The highest BCUT2D eigenvalue weighted by molar-refractivity contribution is 9.10. The van der Waals surface area contributed by atoms with Gasteiger partial charge < -0.3 is 25.0 Å². The topological polar surface area (TPSA) is 123 Å². The van der Waals surface area contributed by atoms with E-state index in [1.807, 2.05) is 6.92 Å². The predicted octanol–water partition coefficient (Wildman–Crippen LogP) is 2.79. The summed E-state index contributed by atoms with van der Waals surface area (Å²) in [5.74, 6) is -0.653. The molecular formula is C18H20BrN3O6. The third-order valence-electron chi connectivity index (χ3n) is 4.38. The van der Waals surface area contributed by atoms with E-state index in [-0.39, 0.29) is 29.1 Å². The summed E-state index contributed by atoms with van der Waals surface area (Å²) in [4.78, 5) is 27.8. The van der Waals surface area contributed by atoms with Gasteiger partial charge in [0.15, 0.2) is 5.82 Å². The van der Waals surface area contributed by atoms with Crippen LogP contribution in [0.2, 0.25) is 0 Å². The van der Waals surface area contributed by atoms with Crippen molar-refractivity contribution in [3.8, 4) is 11.5 Å². The van der Waals surface area contributed by atoms with Crippen LogP contribution >= 0.6 is 15.9 Å². The number of para-hydroxylation sites is 1. The van der Waals surface area contributed by atoms with E-state index in [4.69, 9.17) is 9.47 Å². The number of phenols is 2. The van der Waals surface area contributed by atoms with Crippen molar-refractivity contribution in [1.29, 1.82) is 0 Å². The molecule has 10 heteroatoms. The smallest absolute Gasteiger partial charge is 0.351 e. The van der Waals surface area contributed by atoms with Gasteiger partial charge in [-0.3, -0.25) is 9.36 Å². The molecule has 0 saturated carbocycles. The summed E-state index contributed by atoms with van der Waals surface area (Å²) in [5.41, 5.74) is -0.560. The summed E-state index contributed by atoms with van der Waals surface area (Å²) >= 11 is 3.33. The Balaban J connectivity index is 1.86. The van der Waals surface area contributed by atoms with E-state index in [9.17, 15) is 19.8 Å². The Labute approximate surface area is 169 Å². The number of hydrogen-bond donors (Lipinski definition) is 3. The first kappa shape index (κ1) is 20.2. The summed E-state index contributed by atoms with van der Waals surface area (Å²) in [6.45, 7) is 3.24. The third-order valence-corrected chi connectivity index (χ3v) is 4.96. The summed E-state index contributed by atoms with van der Waals surface area (Å²) in [6, 6.07) is 4.27. The van der Waals surface area contributed by atoms with E-state index < -0.39 is 24.0 Å². The van der Waals surface area contributed by atoms with Gasteiger partial charge in [-0.15, -0.1) is 0 Å². The van der Waals surface area contributed by atoms with Crippen LogP contribution in [0.25, 0.3) is 0 Å². The van der Waals surface area contributed by atoms with Crippen molar-refractivity contribution in [2.75, 3.05) is 5.32 Å². The molecule has 0 aliphatic carbocycles. The molecular weight excluding hydrogens is 434 g/mol. The molecule has 0 spiro atoms. The number of aromatic hydroxyl groups is 2. The molecule has 1 saturated heterocycles. The Morgan fingerprint density at radius 1 is 1.43 bits per heavy atom. The van der Waals surface area contributed by atoms with Gasteiger partial charge >= 0.3 is 11.7 Å². The van der Waals surface area contributed by atoms with Gasteiger partial charge in [0.2, 0.25) is 0 Å². The minimum Gasteiger partial charge on any atom is -0.506 e. The van der Waals surface area contributed by atoms with Gasteiger partial charge in [-0.1, -0.05) is 13.0 Å². The number of nitrogens with zero attached hydrogens (tertiary/aromatic N) is 2. The molecule has 1 aliphatic heterocycles. The zero-order valence-corrected chi connectivity index (χ0v) is 16.8. The Morgan fingerprint density at radius 2 is 2.11 bits per heavy atom. The Hall–Kier alpha value is -2.59. The summed E-state index contributed by atoms with van der Waals surface area (Å²) < 4.78 is 12.9. The second kappa shape index (κ2) is 8.19. The number of nitrogens with one attached hydrogen (secondary N) is 1. The molecule has 3 rings (SSSR count). The SMILES string of the molecule is CC[C@H]1O[C@@H](n2cc(Br)c(Nc3c(O)cccc3O)nc2=O)CC1OC(C)=O. The number of esters is 1. The van der Waals surface area contributed by atoms with Crippen molar-refractivity contribution in [1.82, 2.24) is 9.55 Å². The van der Waals surface area contributed by atoms with Crippen LogP contribution < -0.4 is 11.0 Å². The van der Waals surface area contributed by atoms with E-state index in [1.165, 1.54) is 35.9 Å². The summed E-state index contributed by atoms with van der Waals surface area (Å²) in [7, 11) is 0. The second-order valence-electron chi connectivity index (χ2n) is 6.34. The molecule has 1 fully saturated rings. The van der Waals surface area contributed by atoms with Crippen LogP contribution in [0.1, 0.15) is 32.9 Å². The highest BCUT2D eigenvalue weighted by atomic mass is 79.9. The highest BCUT2D eigenvalue weighted by Gasteiger charge is 2.38. The number of carbonyl (C=O) groups excluding carboxylic acids is 1. The monoisotopic (exact) mass is 453 g/mol. The number of rotatable bonds is 5. The van der Waals surface area contributed by atoms with Crippen molar-refractivity contribution in [3.05, 3.63) is 39.4 Å². The first-order valence-corrected chi connectivity index (χ1v) is 9.48. The fraction of sp³-hybridized carbons (Fsp3) is 0.389. The zero-order valence-electron chi connectivity index (χ0n) is 15.3. The van der Waals surface area contributed by atoms with E-state index >= 15 is 0 Å². The lowest BCUT2D eigenvalue weighted by Crippen LogP contribution is -2.27. The number of aromatic nitrogens is 2. The number of benzene rings is 1. The molecule has 0 bridgehead atoms. The van der Waals surface area contributed by atoms with Crippen molar-refractivity contribution < 1.29 is 24.5 Å². The van der Waals surface area contributed by atoms with Gasteiger partial charge in [0.25, 0.3) is 0 Å². The van der Waals surface area contributed by atoms with Gasteiger partial charge in [-0.2, -0.15) is 4.98 Å². The van der Waals surface area contributed by atoms with Gasteiger partial charge in [0, 0.05) is 19.5 Å². The molecule has 1 aromatic carbocycles. The average molecular weight is 454 g/mol. The van der Waals surface area contributed by atoms with Crippen molar-refractivity contribution in [2.24, 2.45) is 0 Å². The van der Waals surface area contributed by atoms with Gasteiger partial charge in [-0.05, 0) is 34.5 Å². The minimum absolute atomic E-state index is 0.0333. The lowest BCUT2D eigenvalue weighted by Gasteiger charge is -2.17. The van der Waals surface area contributed by atoms with Crippen LogP contribution in [0.15, 0.2) is 33.7 Å². The third kappa shape index (κ3) is 4.12. The van der Waals surface area contributed by atoms with E-state index in [1.54, 1.807) is 0 Å². The van der Waals surface area contributed by atoms with Crippen molar-refractivity contribution in [3.63, 3.8) is 0 Å². The van der Waals surface area contributed by atoms with Crippen LogP contribution in [-0.4, -0.2) is 37.9 Å². The fourth-order valence-corrected chi connectivity index (χ4v) is 3.49. The van der Waals surface area contributed by atoms with Gasteiger partial charge in [-0.25, -0.2) is 4.79 Å². The van der Waals surface area contributed by atoms with Crippen LogP contribution in [0.4, 0.5) is 11.5 Å². The fourth-order valence-electron chi connectivity index (χ4n) is 3.08. The number of phenolic OH excluding ortho intramolecular Hbond substituents is 2. The molecule has 1 aliphatic rings. The standard InChI is InChI=1S/C18H20BrN3O6/c1-3-13-14(27-9(2)23)7-15(28-13)22-8-10(19)17(21-18(22)26)20-16-11(24)5-4-6-12(16)25/h4-6,8,13-15,24-25H,3,7H2,1-2H3,(H,20,21,26)/t13-,14?,15-/m1/s1. The molecule has 28 heavy (non-hydrogen) atoms. The molecule has 3 atom stereocenters. The lowest BCUT2D eigenvalue weighted by molar-refractivity contribution is -0.149. The summed E-state index contributed by atoms with van der Waals surface area (Å²) in [5, 5.41) is 22.5. The molecule has 1 unspecified atom stereocenters. The van der Waals surface area contributed by atoms with Gasteiger partial charge in [0.05, 0.1) is 10.6 Å². The minimum atomic E-state index is -0.627. The molecule has 3 N–H and O–H groups in total. The van der Waals surface area contributed by atoms with Crippen molar-refractivity contribution in [2.45, 2.75) is 45.1 Å². The summed E-state index contributed by atoms with van der Waals surface area (Å²) in [6.07, 6.45) is 1.09. The van der Waals surface area contributed by atoms with Crippen LogP contribution in [0.5, 0.6) is 11.5 Å². The second-order valence-corrected chi connectivity index (χ2v) is 7.20. The van der Waals surface area contributed by atoms with Crippen molar-refractivity contribution >= 4 is 33.4 Å². The first-order valence-electron chi connectivity index (χ1n) is 8.69. The Kier molecular flexibility index (Phi) is 5.90. The normalized spacial score (nSPS) is 21.5. The van der Waals surface area contributed by atoms with Gasteiger partial charge in [0.1, 0.15) is 29.5 Å². The molecule has 9 nitrogen and oxygen atoms in total. The van der Waals surface area contributed by atoms with E-state index in [0.29, 0.717) is 17.3 Å². The molecule has 1 aromatic heterocycles. The Morgan fingerprint density at radius 3 is 2.71 bits per heavy atom. The number of hydrogen-bond acceptors (Lipinski definition) is 8. The number of anilines is 2. The number of carbonyl (C=O) groups is 1.